The Morgan fingerprint density at radius 2 is 1.17 bits per heavy atom. The van der Waals surface area contributed by atoms with Gasteiger partial charge >= 0.3 is 0 Å². The predicted octanol–water partition coefficient (Wildman–Crippen LogP) is 8.76. The van der Waals surface area contributed by atoms with Crippen molar-refractivity contribution in [1.82, 2.24) is 0 Å². The summed E-state index contributed by atoms with van der Waals surface area (Å²) < 4.78 is 30.2. The smallest absolute Gasteiger partial charge is 0.166 e. The van der Waals surface area contributed by atoms with Crippen LogP contribution in [0.25, 0.3) is 22.3 Å². The first-order valence-electron chi connectivity index (χ1n) is 11.3. The third-order valence-electron chi connectivity index (χ3n) is 5.78. The zero-order valence-corrected chi connectivity index (χ0v) is 18.2. The Labute approximate surface area is 180 Å². The van der Waals surface area contributed by atoms with Crippen LogP contribution in [0.4, 0.5) is 8.78 Å². The van der Waals surface area contributed by atoms with Crippen LogP contribution in [0.1, 0.15) is 63.5 Å². The Kier molecular flexibility index (Phi) is 8.19. The maximum absolute atomic E-state index is 15.1. The average molecular weight is 407 g/mol. The van der Waals surface area contributed by atoms with Gasteiger partial charge in [-0.15, -0.1) is 0 Å². The standard InChI is InChI=1S/C28H32F2/c1-3-5-8-14-24-20-26(28(30)27(29)25(24)15-9-6-4-2)23-18-16-22(17-19-23)21-12-10-7-11-13-21/h7,10-13,16-20H,3-6,8-9,14-15H2,1-2H3. The number of hydrogen-bond donors (Lipinski definition) is 0. The van der Waals surface area contributed by atoms with E-state index >= 15 is 8.78 Å². The largest absolute Gasteiger partial charge is 0.203 e. The highest BCUT2D eigenvalue weighted by molar-refractivity contribution is 5.71. The summed E-state index contributed by atoms with van der Waals surface area (Å²) in [6.07, 6.45) is 7.66. The van der Waals surface area contributed by atoms with Crippen molar-refractivity contribution in [1.29, 1.82) is 0 Å². The summed E-state index contributed by atoms with van der Waals surface area (Å²) in [4.78, 5) is 0. The monoisotopic (exact) mass is 406 g/mol. The van der Waals surface area contributed by atoms with Crippen LogP contribution >= 0.6 is 0 Å². The van der Waals surface area contributed by atoms with E-state index in [1.54, 1.807) is 0 Å². The number of aryl methyl sites for hydroxylation is 1. The molecule has 0 nitrogen and oxygen atoms in total. The Bertz CT molecular complexity index is 927. The topological polar surface area (TPSA) is 0 Å². The predicted molar refractivity (Wildman–Crippen MR) is 124 cm³/mol. The van der Waals surface area contributed by atoms with Gasteiger partial charge < -0.3 is 0 Å². The molecule has 0 saturated carbocycles. The van der Waals surface area contributed by atoms with E-state index in [1.807, 2.05) is 60.7 Å². The molecule has 30 heavy (non-hydrogen) atoms. The van der Waals surface area contributed by atoms with Crippen molar-refractivity contribution in [2.24, 2.45) is 0 Å². The van der Waals surface area contributed by atoms with Gasteiger partial charge in [0.1, 0.15) is 0 Å². The summed E-state index contributed by atoms with van der Waals surface area (Å²) >= 11 is 0. The van der Waals surface area contributed by atoms with Crippen molar-refractivity contribution in [3.63, 3.8) is 0 Å². The lowest BCUT2D eigenvalue weighted by atomic mass is 9.91. The highest BCUT2D eigenvalue weighted by Gasteiger charge is 2.19. The van der Waals surface area contributed by atoms with Gasteiger partial charge in [-0.3, -0.25) is 0 Å². The summed E-state index contributed by atoms with van der Waals surface area (Å²) in [7, 11) is 0. The minimum Gasteiger partial charge on any atom is -0.203 e. The van der Waals surface area contributed by atoms with Crippen LogP contribution in [-0.2, 0) is 12.8 Å². The van der Waals surface area contributed by atoms with Crippen LogP contribution in [0, 0.1) is 11.6 Å². The van der Waals surface area contributed by atoms with Crippen LogP contribution in [0.5, 0.6) is 0 Å². The SMILES string of the molecule is CCCCCc1cc(-c2ccc(-c3ccccc3)cc2)c(F)c(F)c1CCCCC. The van der Waals surface area contributed by atoms with E-state index < -0.39 is 11.6 Å². The normalized spacial score (nSPS) is 11.1. The molecule has 0 aliphatic carbocycles. The maximum atomic E-state index is 15.1. The Balaban J connectivity index is 1.95. The average Bonchev–Trinajstić information content (AvgIpc) is 2.79. The third kappa shape index (κ3) is 5.36. The summed E-state index contributed by atoms with van der Waals surface area (Å²) in [5.74, 6) is -1.37. The van der Waals surface area contributed by atoms with Crippen molar-refractivity contribution >= 4 is 0 Å². The summed E-state index contributed by atoms with van der Waals surface area (Å²) in [6, 6.07) is 19.7. The maximum Gasteiger partial charge on any atom is 0.166 e. The van der Waals surface area contributed by atoms with E-state index in [1.165, 1.54) is 0 Å². The van der Waals surface area contributed by atoms with Crippen LogP contribution in [0.3, 0.4) is 0 Å². The first-order valence-corrected chi connectivity index (χ1v) is 11.3. The molecule has 3 aromatic carbocycles. The Morgan fingerprint density at radius 3 is 1.80 bits per heavy atom. The molecule has 3 rings (SSSR count). The summed E-state index contributed by atoms with van der Waals surface area (Å²) in [5, 5.41) is 0. The second-order valence-electron chi connectivity index (χ2n) is 8.05. The van der Waals surface area contributed by atoms with Gasteiger partial charge in [-0.2, -0.15) is 0 Å². The molecule has 3 aromatic rings. The van der Waals surface area contributed by atoms with Gasteiger partial charge in [0.15, 0.2) is 11.6 Å². The fourth-order valence-electron chi connectivity index (χ4n) is 4.01. The highest BCUT2D eigenvalue weighted by atomic mass is 19.2. The molecule has 0 atom stereocenters. The number of halogens is 2. The molecule has 0 aliphatic heterocycles. The van der Waals surface area contributed by atoms with Crippen molar-refractivity contribution < 1.29 is 8.78 Å². The first kappa shape index (κ1) is 22.2. The molecule has 0 heterocycles. The Hall–Kier alpha value is -2.48. The lowest BCUT2D eigenvalue weighted by Gasteiger charge is -2.15. The Morgan fingerprint density at radius 1 is 0.600 bits per heavy atom. The van der Waals surface area contributed by atoms with Crippen LogP contribution in [0.15, 0.2) is 60.7 Å². The van der Waals surface area contributed by atoms with E-state index in [9.17, 15) is 0 Å². The number of benzene rings is 3. The van der Waals surface area contributed by atoms with Crippen molar-refractivity contribution in [2.75, 3.05) is 0 Å². The second kappa shape index (κ2) is 11.1. The highest BCUT2D eigenvalue weighted by Crippen LogP contribution is 2.32. The van der Waals surface area contributed by atoms with E-state index in [-0.39, 0.29) is 0 Å². The van der Waals surface area contributed by atoms with Crippen LogP contribution in [0.2, 0.25) is 0 Å². The number of hydrogen-bond acceptors (Lipinski definition) is 0. The third-order valence-corrected chi connectivity index (χ3v) is 5.78. The summed E-state index contributed by atoms with van der Waals surface area (Å²) in [6.45, 7) is 4.29. The zero-order chi connectivity index (χ0) is 21.3. The van der Waals surface area contributed by atoms with Gasteiger partial charge in [-0.25, -0.2) is 8.78 Å². The van der Waals surface area contributed by atoms with Gasteiger partial charge in [-0.05, 0) is 59.6 Å². The first-order chi connectivity index (χ1) is 14.7. The molecule has 0 aromatic heterocycles. The molecule has 0 saturated heterocycles. The minimum absolute atomic E-state index is 0.373. The van der Waals surface area contributed by atoms with E-state index in [0.29, 0.717) is 17.5 Å². The van der Waals surface area contributed by atoms with Crippen LogP contribution in [-0.4, -0.2) is 0 Å². The van der Waals surface area contributed by atoms with Crippen LogP contribution < -0.4 is 0 Å². The fourth-order valence-corrected chi connectivity index (χ4v) is 4.01. The quantitative estimate of drug-likeness (QED) is 0.295. The lowest BCUT2D eigenvalue weighted by Crippen LogP contribution is -2.04. The van der Waals surface area contributed by atoms with Crippen molar-refractivity contribution in [3.8, 4) is 22.3 Å². The molecule has 0 N–H and O–H groups in total. The molecular formula is C28H32F2. The molecule has 0 spiro atoms. The zero-order valence-electron chi connectivity index (χ0n) is 18.2. The fraction of sp³-hybridized carbons (Fsp3) is 0.357. The number of rotatable bonds is 10. The molecule has 0 aliphatic rings. The van der Waals surface area contributed by atoms with Gasteiger partial charge in [0, 0.05) is 5.56 Å². The van der Waals surface area contributed by atoms with Crippen molar-refractivity contribution in [2.45, 2.75) is 65.2 Å². The molecule has 0 amide bonds. The molecule has 0 unspecified atom stereocenters. The summed E-state index contributed by atoms with van der Waals surface area (Å²) in [5.41, 5.74) is 4.84. The molecule has 0 fully saturated rings. The lowest BCUT2D eigenvalue weighted by molar-refractivity contribution is 0.495. The molecule has 0 bridgehead atoms. The number of unbranched alkanes of at least 4 members (excludes halogenated alkanes) is 4. The molecule has 2 heteroatoms. The molecule has 158 valence electrons. The van der Waals surface area contributed by atoms with Gasteiger partial charge in [0.25, 0.3) is 0 Å². The molecular weight excluding hydrogens is 374 g/mol. The van der Waals surface area contributed by atoms with Gasteiger partial charge in [-0.1, -0.05) is 94.1 Å². The molecule has 0 radical (unpaired) electrons. The second-order valence-corrected chi connectivity index (χ2v) is 8.05. The van der Waals surface area contributed by atoms with Crippen molar-refractivity contribution in [3.05, 3.63) is 83.4 Å². The van der Waals surface area contributed by atoms with E-state index in [4.69, 9.17) is 0 Å². The van der Waals surface area contributed by atoms with Gasteiger partial charge in [0.2, 0.25) is 0 Å². The minimum atomic E-state index is -0.715. The van der Waals surface area contributed by atoms with E-state index in [2.05, 4.69) is 13.8 Å². The van der Waals surface area contributed by atoms with Gasteiger partial charge in [0.05, 0.1) is 0 Å². The van der Waals surface area contributed by atoms with E-state index in [0.717, 1.165) is 67.2 Å².